The second-order valence-electron chi connectivity index (χ2n) is 6.55. The maximum atomic E-state index is 10.5. The highest BCUT2D eigenvalue weighted by Crippen LogP contribution is 2.20. The lowest BCUT2D eigenvalue weighted by molar-refractivity contribution is -0.251. The van der Waals surface area contributed by atoms with E-state index in [1.807, 2.05) is 74.5 Å². The number of aliphatic hydroxyl groups excluding tert-OH is 2. The van der Waals surface area contributed by atoms with Gasteiger partial charge < -0.3 is 29.2 Å². The third-order valence-corrected chi connectivity index (χ3v) is 4.39. The Balaban J connectivity index is 2.20. The van der Waals surface area contributed by atoms with Gasteiger partial charge in [-0.3, -0.25) is 0 Å². The molecule has 0 unspecified atom stereocenters. The van der Waals surface area contributed by atoms with Crippen LogP contribution in [0.2, 0.25) is 0 Å². The van der Waals surface area contributed by atoms with E-state index in [1.54, 1.807) is 0 Å². The van der Waals surface area contributed by atoms with Crippen LogP contribution in [0.5, 0.6) is 0 Å². The van der Waals surface area contributed by atoms with Crippen molar-refractivity contribution >= 4 is 0 Å². The molecule has 0 spiro atoms. The quantitative estimate of drug-likeness (QED) is 0.472. The Hall–Kier alpha value is -1.80. The summed E-state index contributed by atoms with van der Waals surface area (Å²) in [6.45, 7) is 4.65. The molecule has 0 aliphatic heterocycles. The first-order chi connectivity index (χ1) is 14.2. The molecule has 2 aromatic carbocycles. The Morgan fingerprint density at radius 3 is 1.55 bits per heavy atom. The van der Waals surface area contributed by atoms with Crippen molar-refractivity contribution in [2.24, 2.45) is 0 Å². The average molecular weight is 405 g/mol. The fourth-order valence-electron chi connectivity index (χ4n) is 2.96. The van der Waals surface area contributed by atoms with Crippen LogP contribution in [0.1, 0.15) is 25.0 Å². The van der Waals surface area contributed by atoms with Crippen molar-refractivity contribution in [2.75, 3.05) is 19.8 Å². The van der Waals surface area contributed by atoms with Gasteiger partial charge >= 0.3 is 0 Å². The van der Waals surface area contributed by atoms with Gasteiger partial charge in [-0.05, 0) is 25.0 Å². The molecule has 0 fully saturated rings. The van der Waals surface area contributed by atoms with Gasteiger partial charge in [-0.25, -0.2) is 0 Å². The Kier molecular flexibility index (Phi) is 10.9. The van der Waals surface area contributed by atoms with E-state index in [0.29, 0.717) is 19.8 Å². The fourth-order valence-corrected chi connectivity index (χ4v) is 2.96. The zero-order valence-electron chi connectivity index (χ0n) is 17.1. The van der Waals surface area contributed by atoms with Gasteiger partial charge in [0.2, 0.25) is 0 Å². The Morgan fingerprint density at radius 2 is 1.14 bits per heavy atom. The minimum absolute atomic E-state index is 0.263. The van der Waals surface area contributed by atoms with Crippen LogP contribution in [0.3, 0.4) is 0 Å². The highest BCUT2D eigenvalue weighted by Gasteiger charge is 2.37. The van der Waals surface area contributed by atoms with Crippen LogP contribution in [0.15, 0.2) is 60.7 Å². The lowest BCUT2D eigenvalue weighted by atomic mass is 10.1. The molecule has 2 rings (SSSR count). The molecule has 0 aliphatic rings. The first kappa shape index (κ1) is 23.5. The van der Waals surface area contributed by atoms with Gasteiger partial charge in [-0.15, -0.1) is 0 Å². The molecule has 0 aliphatic carbocycles. The summed E-state index contributed by atoms with van der Waals surface area (Å²) < 4.78 is 23.6. The largest absolute Gasteiger partial charge is 0.394 e. The molecule has 3 atom stereocenters. The molecule has 0 saturated carbocycles. The summed E-state index contributed by atoms with van der Waals surface area (Å²) in [5.41, 5.74) is 1.93. The highest BCUT2D eigenvalue weighted by molar-refractivity contribution is 5.14. The predicted octanol–water partition coefficient (Wildman–Crippen LogP) is 2.91. The zero-order valence-corrected chi connectivity index (χ0v) is 17.1. The maximum absolute atomic E-state index is 10.5. The number of aliphatic hydroxyl groups is 2. The number of hydrogen-bond acceptors (Lipinski definition) is 6. The van der Waals surface area contributed by atoms with Gasteiger partial charge in [0, 0.05) is 13.2 Å². The summed E-state index contributed by atoms with van der Waals surface area (Å²) in [4.78, 5) is 0. The lowest BCUT2D eigenvalue weighted by Crippen LogP contribution is -2.50. The summed E-state index contributed by atoms with van der Waals surface area (Å²) in [6.07, 6.45) is -3.47. The van der Waals surface area contributed by atoms with E-state index >= 15 is 0 Å². The minimum Gasteiger partial charge on any atom is -0.394 e. The van der Waals surface area contributed by atoms with Crippen LogP contribution in [-0.2, 0) is 32.2 Å². The van der Waals surface area contributed by atoms with Crippen molar-refractivity contribution in [3.05, 3.63) is 71.8 Å². The van der Waals surface area contributed by atoms with Gasteiger partial charge in [-0.1, -0.05) is 60.7 Å². The summed E-state index contributed by atoms with van der Waals surface area (Å²) in [7, 11) is 0. The third kappa shape index (κ3) is 7.85. The summed E-state index contributed by atoms with van der Waals surface area (Å²) in [6, 6.07) is 19.3. The van der Waals surface area contributed by atoms with Gasteiger partial charge in [0.15, 0.2) is 6.29 Å². The van der Waals surface area contributed by atoms with E-state index in [4.69, 9.17) is 18.9 Å². The molecule has 0 bridgehead atoms. The van der Waals surface area contributed by atoms with Gasteiger partial charge in [0.1, 0.15) is 18.3 Å². The first-order valence-corrected chi connectivity index (χ1v) is 10.0. The molecule has 0 amide bonds. The van der Waals surface area contributed by atoms with Crippen molar-refractivity contribution in [1.29, 1.82) is 0 Å². The fraction of sp³-hybridized carbons (Fsp3) is 0.478. The van der Waals surface area contributed by atoms with Gasteiger partial charge in [0.25, 0.3) is 0 Å². The molecule has 160 valence electrons. The Morgan fingerprint density at radius 1 is 0.690 bits per heavy atom. The lowest BCUT2D eigenvalue weighted by Gasteiger charge is -2.35. The Labute approximate surface area is 173 Å². The second-order valence-corrected chi connectivity index (χ2v) is 6.55. The molecule has 0 heterocycles. The topological polar surface area (TPSA) is 77.4 Å². The van der Waals surface area contributed by atoms with Crippen molar-refractivity contribution in [1.82, 2.24) is 0 Å². The smallest absolute Gasteiger partial charge is 0.186 e. The number of rotatable bonds is 14. The first-order valence-electron chi connectivity index (χ1n) is 10.0. The van der Waals surface area contributed by atoms with E-state index in [-0.39, 0.29) is 6.61 Å². The standard InChI is InChI=1S/C23H32O6/c1-3-26-23(27-4-2)22(29-17-19-13-9-6-10-14-19)21(20(25)15-24)28-16-18-11-7-5-8-12-18/h5-14,20-25H,3-4,15-17H2,1-2H3/t20-,21-,22-/m1/s1. The molecule has 6 heteroatoms. The second kappa shape index (κ2) is 13.4. The van der Waals surface area contributed by atoms with Crippen LogP contribution in [0.25, 0.3) is 0 Å². The maximum Gasteiger partial charge on any atom is 0.186 e. The van der Waals surface area contributed by atoms with E-state index in [9.17, 15) is 10.2 Å². The van der Waals surface area contributed by atoms with Crippen LogP contribution in [0.4, 0.5) is 0 Å². The van der Waals surface area contributed by atoms with E-state index in [2.05, 4.69) is 0 Å². The van der Waals surface area contributed by atoms with Crippen LogP contribution >= 0.6 is 0 Å². The van der Waals surface area contributed by atoms with Crippen molar-refractivity contribution < 1.29 is 29.2 Å². The van der Waals surface area contributed by atoms with Gasteiger partial charge in [-0.2, -0.15) is 0 Å². The Bertz CT molecular complexity index is 645. The molecule has 0 aromatic heterocycles. The number of ether oxygens (including phenoxy) is 4. The van der Waals surface area contributed by atoms with Crippen molar-refractivity contribution in [3.63, 3.8) is 0 Å². The monoisotopic (exact) mass is 404 g/mol. The van der Waals surface area contributed by atoms with Gasteiger partial charge in [0.05, 0.1) is 19.8 Å². The van der Waals surface area contributed by atoms with Crippen LogP contribution in [0, 0.1) is 0 Å². The minimum atomic E-state index is -1.15. The molecular formula is C23H32O6. The van der Waals surface area contributed by atoms with Crippen molar-refractivity contribution in [3.8, 4) is 0 Å². The molecule has 6 nitrogen and oxygen atoms in total. The summed E-state index contributed by atoms with van der Waals surface area (Å²) in [5.74, 6) is 0. The molecule has 2 N–H and O–H groups in total. The number of benzene rings is 2. The summed E-state index contributed by atoms with van der Waals surface area (Å²) >= 11 is 0. The van der Waals surface area contributed by atoms with E-state index in [1.165, 1.54) is 0 Å². The van der Waals surface area contributed by atoms with Crippen LogP contribution in [-0.4, -0.2) is 54.6 Å². The summed E-state index contributed by atoms with van der Waals surface area (Å²) in [5, 5.41) is 20.1. The van der Waals surface area contributed by atoms with Crippen LogP contribution < -0.4 is 0 Å². The SMILES string of the molecule is CCOC(OCC)[C@H](OCc1ccccc1)[C@H](OCc1ccccc1)[C@H](O)CO. The molecule has 0 radical (unpaired) electrons. The third-order valence-electron chi connectivity index (χ3n) is 4.39. The molecule has 2 aromatic rings. The molecule has 0 saturated heterocycles. The highest BCUT2D eigenvalue weighted by atomic mass is 16.7. The molecular weight excluding hydrogens is 372 g/mol. The average Bonchev–Trinajstić information content (AvgIpc) is 2.77. The zero-order chi connectivity index (χ0) is 20.9. The predicted molar refractivity (Wildman–Crippen MR) is 110 cm³/mol. The molecule has 29 heavy (non-hydrogen) atoms. The number of hydrogen-bond donors (Lipinski definition) is 2. The normalized spacial score (nSPS) is 14.7. The van der Waals surface area contributed by atoms with E-state index in [0.717, 1.165) is 11.1 Å². The van der Waals surface area contributed by atoms with Crippen molar-refractivity contribution in [2.45, 2.75) is 51.7 Å². The van der Waals surface area contributed by atoms with E-state index < -0.39 is 31.2 Å².